The number of benzene rings is 2. The summed E-state index contributed by atoms with van der Waals surface area (Å²) in [5.41, 5.74) is 7.18. The van der Waals surface area contributed by atoms with E-state index in [1.807, 2.05) is 0 Å². The fraction of sp³-hybridized carbons (Fsp3) is 0.143. The van der Waals surface area contributed by atoms with Crippen molar-refractivity contribution < 1.29 is 14.4 Å². The number of nitrogens with zero attached hydrogens (tertiary/aromatic N) is 1. The van der Waals surface area contributed by atoms with Crippen molar-refractivity contribution in [1.82, 2.24) is 0 Å². The van der Waals surface area contributed by atoms with E-state index in [1.165, 1.54) is 6.07 Å². The molecule has 0 spiro atoms. The standard InChI is InChI=1S/C14H13N3O4/c15-9-2-1-3-10(6-9)16-11-7-13-14(21-5-4-20-13)8-12(11)17(18)19/h1-3,6-8,16H,4-5,15H2. The fourth-order valence-corrected chi connectivity index (χ4v) is 2.10. The normalized spacial score (nSPS) is 12.8. The second-order valence-electron chi connectivity index (χ2n) is 4.52. The molecule has 0 saturated heterocycles. The summed E-state index contributed by atoms with van der Waals surface area (Å²) < 4.78 is 10.8. The maximum Gasteiger partial charge on any atom is 0.296 e. The SMILES string of the molecule is Nc1cccc(Nc2cc3c(cc2[N+](=O)[O-])OCCO3)c1. The van der Waals surface area contributed by atoms with Crippen LogP contribution in [0.25, 0.3) is 0 Å². The summed E-state index contributed by atoms with van der Waals surface area (Å²) >= 11 is 0. The summed E-state index contributed by atoms with van der Waals surface area (Å²) in [4.78, 5) is 10.7. The van der Waals surface area contributed by atoms with Gasteiger partial charge in [-0.1, -0.05) is 6.07 Å². The van der Waals surface area contributed by atoms with E-state index in [1.54, 1.807) is 30.3 Å². The number of nitrogens with two attached hydrogens (primary N) is 1. The van der Waals surface area contributed by atoms with Crippen LogP contribution in [0.4, 0.5) is 22.7 Å². The highest BCUT2D eigenvalue weighted by Crippen LogP contribution is 2.40. The van der Waals surface area contributed by atoms with Gasteiger partial charge in [-0.05, 0) is 18.2 Å². The quantitative estimate of drug-likeness (QED) is 0.511. The molecule has 7 nitrogen and oxygen atoms in total. The van der Waals surface area contributed by atoms with Gasteiger partial charge in [0.05, 0.1) is 11.0 Å². The Hall–Kier alpha value is -2.96. The van der Waals surface area contributed by atoms with E-state index >= 15 is 0 Å². The zero-order valence-electron chi connectivity index (χ0n) is 11.0. The lowest BCUT2D eigenvalue weighted by Gasteiger charge is -2.19. The van der Waals surface area contributed by atoms with Crippen LogP contribution < -0.4 is 20.5 Å². The van der Waals surface area contributed by atoms with E-state index in [2.05, 4.69) is 5.32 Å². The number of nitro groups is 1. The predicted octanol–water partition coefficient (Wildman–Crippen LogP) is 2.69. The molecule has 108 valence electrons. The first-order chi connectivity index (χ1) is 10.1. The Morgan fingerprint density at radius 1 is 1.14 bits per heavy atom. The topological polar surface area (TPSA) is 99.7 Å². The van der Waals surface area contributed by atoms with Gasteiger partial charge in [0.15, 0.2) is 11.5 Å². The summed E-state index contributed by atoms with van der Waals surface area (Å²) in [6.07, 6.45) is 0. The van der Waals surface area contributed by atoms with E-state index in [-0.39, 0.29) is 5.69 Å². The number of hydrogen-bond acceptors (Lipinski definition) is 6. The Labute approximate surface area is 120 Å². The van der Waals surface area contributed by atoms with Gasteiger partial charge in [0, 0.05) is 17.4 Å². The van der Waals surface area contributed by atoms with E-state index in [0.717, 1.165) is 0 Å². The number of nitrogen functional groups attached to an aromatic ring is 1. The van der Waals surface area contributed by atoms with Gasteiger partial charge in [-0.2, -0.15) is 0 Å². The Kier molecular flexibility index (Phi) is 3.23. The minimum atomic E-state index is -0.465. The molecule has 2 aromatic rings. The zero-order chi connectivity index (χ0) is 14.8. The van der Waals surface area contributed by atoms with Crippen molar-refractivity contribution in [2.24, 2.45) is 0 Å². The molecule has 2 aromatic carbocycles. The van der Waals surface area contributed by atoms with Gasteiger partial charge in [-0.25, -0.2) is 0 Å². The van der Waals surface area contributed by atoms with Crippen molar-refractivity contribution in [3.05, 3.63) is 46.5 Å². The fourth-order valence-electron chi connectivity index (χ4n) is 2.10. The maximum atomic E-state index is 11.2. The molecule has 21 heavy (non-hydrogen) atoms. The Bertz CT molecular complexity index is 703. The van der Waals surface area contributed by atoms with Crippen molar-refractivity contribution in [3.63, 3.8) is 0 Å². The number of nitro benzene ring substituents is 1. The van der Waals surface area contributed by atoms with Crippen molar-refractivity contribution >= 4 is 22.7 Å². The second kappa shape index (κ2) is 5.20. The summed E-state index contributed by atoms with van der Waals surface area (Å²) in [5, 5.41) is 14.2. The van der Waals surface area contributed by atoms with Gasteiger partial charge in [0.2, 0.25) is 0 Å². The highest BCUT2D eigenvalue weighted by molar-refractivity contribution is 5.75. The van der Waals surface area contributed by atoms with Crippen LogP contribution >= 0.6 is 0 Å². The summed E-state index contributed by atoms with van der Waals surface area (Å²) in [5.74, 6) is 0.865. The number of nitrogens with one attached hydrogen (secondary N) is 1. The van der Waals surface area contributed by atoms with Gasteiger partial charge in [0.1, 0.15) is 18.9 Å². The molecular weight excluding hydrogens is 274 g/mol. The smallest absolute Gasteiger partial charge is 0.296 e. The molecular formula is C14H13N3O4. The minimum Gasteiger partial charge on any atom is -0.486 e. The van der Waals surface area contributed by atoms with Gasteiger partial charge in [-0.3, -0.25) is 10.1 Å². The average molecular weight is 287 g/mol. The number of rotatable bonds is 3. The molecule has 0 aliphatic carbocycles. The largest absolute Gasteiger partial charge is 0.486 e. The van der Waals surface area contributed by atoms with Crippen LogP contribution in [0.15, 0.2) is 36.4 Å². The number of fused-ring (bicyclic) bond motifs is 1. The molecule has 1 aliphatic rings. The summed E-state index contributed by atoms with van der Waals surface area (Å²) in [6.45, 7) is 0.800. The molecule has 0 atom stereocenters. The summed E-state index contributed by atoms with van der Waals surface area (Å²) in [6, 6.07) is 9.90. The van der Waals surface area contributed by atoms with Crippen molar-refractivity contribution in [3.8, 4) is 11.5 Å². The van der Waals surface area contributed by atoms with Gasteiger partial charge in [0.25, 0.3) is 5.69 Å². The van der Waals surface area contributed by atoms with Crippen LogP contribution in [0.5, 0.6) is 11.5 Å². The summed E-state index contributed by atoms with van der Waals surface area (Å²) in [7, 11) is 0. The molecule has 1 heterocycles. The lowest BCUT2D eigenvalue weighted by atomic mass is 10.2. The molecule has 0 unspecified atom stereocenters. The Morgan fingerprint density at radius 2 is 1.86 bits per heavy atom. The third kappa shape index (κ3) is 2.66. The molecule has 0 amide bonds. The molecule has 0 fully saturated rings. The van der Waals surface area contributed by atoms with E-state index in [0.29, 0.717) is 41.8 Å². The molecule has 0 saturated carbocycles. The third-order valence-corrected chi connectivity index (χ3v) is 3.02. The molecule has 3 rings (SSSR count). The minimum absolute atomic E-state index is 0.0818. The van der Waals surface area contributed by atoms with Crippen molar-refractivity contribution in [1.29, 1.82) is 0 Å². The molecule has 1 aliphatic heterocycles. The highest BCUT2D eigenvalue weighted by Gasteiger charge is 2.22. The van der Waals surface area contributed by atoms with E-state index in [9.17, 15) is 10.1 Å². The van der Waals surface area contributed by atoms with Crippen molar-refractivity contribution in [2.45, 2.75) is 0 Å². The molecule has 0 aromatic heterocycles. The molecule has 0 radical (unpaired) electrons. The first-order valence-electron chi connectivity index (χ1n) is 6.34. The number of ether oxygens (including phenoxy) is 2. The number of anilines is 3. The van der Waals surface area contributed by atoms with Gasteiger partial charge < -0.3 is 20.5 Å². The van der Waals surface area contributed by atoms with Gasteiger partial charge in [-0.15, -0.1) is 0 Å². The molecule has 3 N–H and O–H groups in total. The van der Waals surface area contributed by atoms with Crippen LogP contribution in [0.3, 0.4) is 0 Å². The van der Waals surface area contributed by atoms with Crippen molar-refractivity contribution in [2.75, 3.05) is 24.3 Å². The predicted molar refractivity (Wildman–Crippen MR) is 78.2 cm³/mol. The van der Waals surface area contributed by atoms with E-state index in [4.69, 9.17) is 15.2 Å². The van der Waals surface area contributed by atoms with Crippen LogP contribution in [-0.4, -0.2) is 18.1 Å². The first-order valence-corrected chi connectivity index (χ1v) is 6.34. The highest BCUT2D eigenvalue weighted by atomic mass is 16.6. The number of hydrogen-bond donors (Lipinski definition) is 2. The lowest BCUT2D eigenvalue weighted by Crippen LogP contribution is -2.15. The maximum absolute atomic E-state index is 11.2. The molecule has 7 heteroatoms. The zero-order valence-corrected chi connectivity index (χ0v) is 11.0. The van der Waals surface area contributed by atoms with Crippen LogP contribution in [0.2, 0.25) is 0 Å². The monoisotopic (exact) mass is 287 g/mol. The second-order valence-corrected chi connectivity index (χ2v) is 4.52. The molecule has 0 bridgehead atoms. The van der Waals surface area contributed by atoms with E-state index < -0.39 is 4.92 Å². The Morgan fingerprint density at radius 3 is 2.52 bits per heavy atom. The van der Waals surface area contributed by atoms with Crippen LogP contribution in [0, 0.1) is 10.1 Å². The first kappa shape index (κ1) is 13.0. The lowest BCUT2D eigenvalue weighted by molar-refractivity contribution is -0.384. The van der Waals surface area contributed by atoms with Crippen LogP contribution in [0.1, 0.15) is 0 Å². The van der Waals surface area contributed by atoms with Crippen LogP contribution in [-0.2, 0) is 0 Å². The third-order valence-electron chi connectivity index (χ3n) is 3.02. The average Bonchev–Trinajstić information content (AvgIpc) is 2.46. The van der Waals surface area contributed by atoms with Gasteiger partial charge >= 0.3 is 0 Å². The Balaban J connectivity index is 2.01.